The molecule has 0 radical (unpaired) electrons. The maximum Gasteiger partial charge on any atom is 0.251 e. The monoisotopic (exact) mass is 320 g/mol. The molecule has 0 bridgehead atoms. The number of sulfone groups is 1. The van der Waals surface area contributed by atoms with E-state index in [2.05, 4.69) is 10.3 Å². The van der Waals surface area contributed by atoms with Gasteiger partial charge in [0.25, 0.3) is 5.91 Å². The van der Waals surface area contributed by atoms with Crippen LogP contribution in [0.4, 0.5) is 0 Å². The lowest BCUT2D eigenvalue weighted by atomic mass is 10.2. The second kappa shape index (κ2) is 6.57. The second-order valence-electron chi connectivity index (χ2n) is 4.66. The molecule has 1 heterocycles. The highest BCUT2D eigenvalue weighted by molar-refractivity contribution is 7.90. The molecular formula is C15H16N2O4S. The number of hydrogen-bond acceptors (Lipinski definition) is 5. The minimum absolute atomic E-state index is 0.175. The van der Waals surface area contributed by atoms with Crippen molar-refractivity contribution in [3.05, 3.63) is 53.9 Å². The standard InChI is InChI=1S/C15H16N2O4S/c1-21-14-9-13(22(2,19)20)4-3-12(14)10-17-15(18)11-5-7-16-8-6-11/h3-9H,10H2,1-2H3,(H,17,18). The summed E-state index contributed by atoms with van der Waals surface area (Å²) in [5, 5.41) is 2.75. The van der Waals surface area contributed by atoms with Crippen LogP contribution in [0.5, 0.6) is 5.75 Å². The minimum Gasteiger partial charge on any atom is -0.496 e. The number of carbonyl (C=O) groups excluding carboxylic acids is 1. The summed E-state index contributed by atoms with van der Waals surface area (Å²) in [6, 6.07) is 7.79. The van der Waals surface area contributed by atoms with Gasteiger partial charge in [0.15, 0.2) is 9.84 Å². The number of rotatable bonds is 5. The van der Waals surface area contributed by atoms with E-state index < -0.39 is 9.84 Å². The zero-order chi connectivity index (χ0) is 16.2. The Kier molecular flexibility index (Phi) is 4.77. The van der Waals surface area contributed by atoms with Crippen molar-refractivity contribution in [1.29, 1.82) is 0 Å². The van der Waals surface area contributed by atoms with Gasteiger partial charge >= 0.3 is 0 Å². The molecule has 2 rings (SSSR count). The molecule has 0 aliphatic rings. The van der Waals surface area contributed by atoms with Gasteiger partial charge in [-0.15, -0.1) is 0 Å². The molecule has 22 heavy (non-hydrogen) atoms. The number of benzene rings is 1. The Morgan fingerprint density at radius 3 is 2.50 bits per heavy atom. The fraction of sp³-hybridized carbons (Fsp3) is 0.200. The summed E-state index contributed by atoms with van der Waals surface area (Å²) >= 11 is 0. The van der Waals surface area contributed by atoms with Gasteiger partial charge in [-0.2, -0.15) is 0 Å². The Labute approximate surface area is 129 Å². The number of nitrogens with zero attached hydrogens (tertiary/aromatic N) is 1. The lowest BCUT2D eigenvalue weighted by Crippen LogP contribution is -2.23. The maximum atomic E-state index is 12.0. The molecule has 0 aliphatic carbocycles. The number of carbonyl (C=O) groups is 1. The third kappa shape index (κ3) is 3.82. The van der Waals surface area contributed by atoms with E-state index in [0.717, 1.165) is 6.26 Å². The lowest BCUT2D eigenvalue weighted by molar-refractivity contribution is 0.0950. The normalized spacial score (nSPS) is 11.0. The van der Waals surface area contributed by atoms with E-state index in [1.807, 2.05) is 0 Å². The van der Waals surface area contributed by atoms with Crippen molar-refractivity contribution >= 4 is 15.7 Å². The number of nitrogens with one attached hydrogen (secondary N) is 1. The van der Waals surface area contributed by atoms with Crippen LogP contribution < -0.4 is 10.1 Å². The molecule has 6 nitrogen and oxygen atoms in total. The summed E-state index contributed by atoms with van der Waals surface area (Å²) < 4.78 is 28.3. The molecule has 1 N–H and O–H groups in total. The first-order valence-electron chi connectivity index (χ1n) is 6.47. The van der Waals surface area contributed by atoms with Gasteiger partial charge in [0.05, 0.1) is 12.0 Å². The molecule has 1 aromatic carbocycles. The van der Waals surface area contributed by atoms with E-state index in [1.54, 1.807) is 18.2 Å². The zero-order valence-electron chi connectivity index (χ0n) is 12.2. The van der Waals surface area contributed by atoms with Crippen LogP contribution in [0, 0.1) is 0 Å². The zero-order valence-corrected chi connectivity index (χ0v) is 13.1. The Bertz CT molecular complexity index is 773. The molecule has 0 saturated carbocycles. The first-order chi connectivity index (χ1) is 10.4. The largest absolute Gasteiger partial charge is 0.496 e. The third-order valence-corrected chi connectivity index (χ3v) is 4.18. The van der Waals surface area contributed by atoms with Gasteiger partial charge in [-0.25, -0.2) is 8.42 Å². The molecule has 0 unspecified atom stereocenters. The Hall–Kier alpha value is -2.41. The highest BCUT2D eigenvalue weighted by Gasteiger charge is 2.12. The molecule has 7 heteroatoms. The SMILES string of the molecule is COc1cc(S(C)(=O)=O)ccc1CNC(=O)c1ccncc1. The van der Waals surface area contributed by atoms with Crippen molar-refractivity contribution in [2.24, 2.45) is 0 Å². The number of ether oxygens (including phenoxy) is 1. The number of aromatic nitrogens is 1. The van der Waals surface area contributed by atoms with Gasteiger partial charge in [0.1, 0.15) is 5.75 Å². The van der Waals surface area contributed by atoms with Crippen molar-refractivity contribution in [2.75, 3.05) is 13.4 Å². The molecular weight excluding hydrogens is 304 g/mol. The topological polar surface area (TPSA) is 85.4 Å². The Balaban J connectivity index is 2.15. The second-order valence-corrected chi connectivity index (χ2v) is 6.68. The first kappa shape index (κ1) is 16.0. The summed E-state index contributed by atoms with van der Waals surface area (Å²) in [5.74, 6) is 0.176. The van der Waals surface area contributed by atoms with Crippen molar-refractivity contribution < 1.29 is 17.9 Å². The number of amides is 1. The number of methoxy groups -OCH3 is 1. The van der Waals surface area contributed by atoms with E-state index in [1.165, 1.54) is 31.6 Å². The minimum atomic E-state index is -3.30. The Morgan fingerprint density at radius 2 is 1.91 bits per heavy atom. The molecule has 0 fully saturated rings. The van der Waals surface area contributed by atoms with E-state index in [9.17, 15) is 13.2 Å². The van der Waals surface area contributed by atoms with Gasteiger partial charge < -0.3 is 10.1 Å². The van der Waals surface area contributed by atoms with Crippen molar-refractivity contribution in [2.45, 2.75) is 11.4 Å². The molecule has 0 atom stereocenters. The van der Waals surface area contributed by atoms with E-state index in [4.69, 9.17) is 4.74 Å². The molecule has 116 valence electrons. The molecule has 1 amide bonds. The first-order valence-corrected chi connectivity index (χ1v) is 8.36. The third-order valence-electron chi connectivity index (χ3n) is 3.07. The average molecular weight is 320 g/mol. The quantitative estimate of drug-likeness (QED) is 0.900. The van der Waals surface area contributed by atoms with Crippen molar-refractivity contribution in [3.8, 4) is 5.75 Å². The van der Waals surface area contributed by atoms with Crippen LogP contribution in [0.2, 0.25) is 0 Å². The lowest BCUT2D eigenvalue weighted by Gasteiger charge is -2.11. The fourth-order valence-corrected chi connectivity index (χ4v) is 2.52. The number of pyridine rings is 1. The maximum absolute atomic E-state index is 12.0. The Morgan fingerprint density at radius 1 is 1.23 bits per heavy atom. The van der Waals surface area contributed by atoms with Gasteiger partial charge in [-0.1, -0.05) is 6.07 Å². The van der Waals surface area contributed by atoms with Gasteiger partial charge in [-0.3, -0.25) is 9.78 Å². The predicted octanol–water partition coefficient (Wildman–Crippen LogP) is 1.42. The molecule has 0 aliphatic heterocycles. The summed E-state index contributed by atoms with van der Waals surface area (Å²) in [5.41, 5.74) is 1.19. The van der Waals surface area contributed by atoms with Gasteiger partial charge in [-0.05, 0) is 24.3 Å². The van der Waals surface area contributed by atoms with Crippen LogP contribution in [0.25, 0.3) is 0 Å². The van der Waals surface area contributed by atoms with Crippen molar-refractivity contribution in [3.63, 3.8) is 0 Å². The highest BCUT2D eigenvalue weighted by atomic mass is 32.2. The summed E-state index contributed by atoms with van der Waals surface area (Å²) in [6.07, 6.45) is 4.21. The van der Waals surface area contributed by atoms with Gasteiger partial charge in [0.2, 0.25) is 0 Å². The smallest absolute Gasteiger partial charge is 0.251 e. The van der Waals surface area contributed by atoms with Crippen LogP contribution in [0.15, 0.2) is 47.6 Å². The molecule has 1 aromatic heterocycles. The number of hydrogen-bond donors (Lipinski definition) is 1. The van der Waals surface area contributed by atoms with E-state index >= 15 is 0 Å². The highest BCUT2D eigenvalue weighted by Crippen LogP contribution is 2.23. The molecule has 0 spiro atoms. The van der Waals surface area contributed by atoms with Gasteiger partial charge in [0, 0.05) is 36.3 Å². The van der Waals surface area contributed by atoms with Crippen LogP contribution in [0.3, 0.4) is 0 Å². The van der Waals surface area contributed by atoms with Crippen LogP contribution in [-0.4, -0.2) is 32.7 Å². The summed E-state index contributed by atoms with van der Waals surface area (Å²) in [7, 11) is -1.85. The molecule has 2 aromatic rings. The van der Waals surface area contributed by atoms with E-state index in [0.29, 0.717) is 16.9 Å². The van der Waals surface area contributed by atoms with Crippen LogP contribution in [0.1, 0.15) is 15.9 Å². The van der Waals surface area contributed by atoms with Crippen molar-refractivity contribution in [1.82, 2.24) is 10.3 Å². The predicted molar refractivity (Wildman–Crippen MR) is 81.5 cm³/mol. The fourth-order valence-electron chi connectivity index (χ4n) is 1.88. The van der Waals surface area contributed by atoms with E-state index in [-0.39, 0.29) is 17.3 Å². The average Bonchev–Trinajstić information content (AvgIpc) is 2.52. The summed E-state index contributed by atoms with van der Waals surface area (Å²) in [6.45, 7) is 0.231. The molecule has 0 saturated heterocycles. The van der Waals surface area contributed by atoms with Crippen LogP contribution in [-0.2, 0) is 16.4 Å². The summed E-state index contributed by atoms with van der Waals surface area (Å²) in [4.78, 5) is 16.0. The van der Waals surface area contributed by atoms with Crippen LogP contribution >= 0.6 is 0 Å².